The van der Waals surface area contributed by atoms with Gasteiger partial charge in [0.1, 0.15) is 10.6 Å². The van der Waals surface area contributed by atoms with Crippen molar-refractivity contribution < 1.29 is 5.11 Å². The molecule has 0 saturated carbocycles. The molecular weight excluding hydrogens is 260 g/mol. The molecule has 1 aliphatic rings. The molecule has 5 nitrogen and oxygen atoms in total. The van der Waals surface area contributed by atoms with Crippen LogP contribution in [0.2, 0.25) is 0 Å². The third-order valence-corrected chi connectivity index (χ3v) is 4.51. The van der Waals surface area contributed by atoms with Gasteiger partial charge in [-0.3, -0.25) is 0 Å². The van der Waals surface area contributed by atoms with Gasteiger partial charge in [0.05, 0.1) is 5.39 Å². The summed E-state index contributed by atoms with van der Waals surface area (Å²) in [5, 5.41) is 15.4. The van der Waals surface area contributed by atoms with Crippen molar-refractivity contribution in [3.63, 3.8) is 0 Å². The topological polar surface area (TPSA) is 61.3 Å². The van der Waals surface area contributed by atoms with Crippen LogP contribution in [0.3, 0.4) is 0 Å². The summed E-state index contributed by atoms with van der Waals surface area (Å²) < 4.78 is 0. The van der Waals surface area contributed by atoms with E-state index in [1.807, 2.05) is 7.05 Å². The van der Waals surface area contributed by atoms with E-state index >= 15 is 0 Å². The first kappa shape index (κ1) is 12.6. The van der Waals surface area contributed by atoms with Crippen LogP contribution in [0.5, 0.6) is 0 Å². The van der Waals surface area contributed by atoms with Crippen LogP contribution in [0.15, 0.2) is 11.4 Å². The van der Waals surface area contributed by atoms with Gasteiger partial charge in [0.25, 0.3) is 0 Å². The third kappa shape index (κ3) is 2.37. The van der Waals surface area contributed by atoms with E-state index in [0.717, 1.165) is 42.0 Å². The molecule has 0 amide bonds. The lowest BCUT2D eigenvalue weighted by molar-refractivity contribution is 0.203. The van der Waals surface area contributed by atoms with Crippen molar-refractivity contribution in [2.24, 2.45) is 5.92 Å². The van der Waals surface area contributed by atoms with E-state index in [9.17, 15) is 5.11 Å². The predicted molar refractivity (Wildman–Crippen MR) is 79.0 cm³/mol. The molecule has 1 saturated heterocycles. The molecule has 2 aromatic heterocycles. The molecule has 1 fully saturated rings. The summed E-state index contributed by atoms with van der Waals surface area (Å²) in [6, 6.07) is 2.09. The van der Waals surface area contributed by atoms with E-state index in [1.165, 1.54) is 0 Å². The fourth-order valence-corrected chi connectivity index (χ4v) is 3.28. The zero-order valence-corrected chi connectivity index (χ0v) is 11.8. The Labute approximate surface area is 116 Å². The van der Waals surface area contributed by atoms with Gasteiger partial charge < -0.3 is 15.3 Å². The Bertz CT molecular complexity index is 563. The Balaban J connectivity index is 1.93. The highest BCUT2D eigenvalue weighted by Gasteiger charge is 2.22. The number of aliphatic hydroxyl groups excluding tert-OH is 1. The molecule has 0 aromatic carbocycles. The molecular formula is C13H18N4OS. The van der Waals surface area contributed by atoms with E-state index in [2.05, 4.69) is 31.6 Å². The Morgan fingerprint density at radius 1 is 1.42 bits per heavy atom. The van der Waals surface area contributed by atoms with E-state index in [0.29, 0.717) is 18.5 Å². The van der Waals surface area contributed by atoms with Crippen LogP contribution in [-0.2, 0) is 0 Å². The first-order valence-corrected chi connectivity index (χ1v) is 7.48. The maximum Gasteiger partial charge on any atom is 0.225 e. The van der Waals surface area contributed by atoms with E-state index < -0.39 is 0 Å². The van der Waals surface area contributed by atoms with Gasteiger partial charge in [-0.15, -0.1) is 11.3 Å². The standard InChI is InChI=1S/C13H18N4OS/c1-14-13-15-11(10-4-7-19-12(10)16-13)17-5-2-9(8-18)3-6-17/h4,7,9,18H,2-3,5-6,8H2,1H3,(H,14,15,16). The summed E-state index contributed by atoms with van der Waals surface area (Å²) in [5.74, 6) is 2.14. The number of thiophene rings is 1. The van der Waals surface area contributed by atoms with Crippen molar-refractivity contribution in [3.8, 4) is 0 Å². The van der Waals surface area contributed by atoms with Gasteiger partial charge in [-0.05, 0) is 30.2 Å². The zero-order chi connectivity index (χ0) is 13.2. The summed E-state index contributed by atoms with van der Waals surface area (Å²) in [7, 11) is 1.84. The number of hydrogen-bond donors (Lipinski definition) is 2. The largest absolute Gasteiger partial charge is 0.396 e. The van der Waals surface area contributed by atoms with Crippen LogP contribution in [0.25, 0.3) is 10.2 Å². The number of rotatable bonds is 3. The van der Waals surface area contributed by atoms with Gasteiger partial charge in [0, 0.05) is 26.7 Å². The quantitative estimate of drug-likeness (QED) is 0.898. The Hall–Kier alpha value is -1.40. The number of hydrogen-bond acceptors (Lipinski definition) is 6. The molecule has 2 N–H and O–H groups in total. The zero-order valence-electron chi connectivity index (χ0n) is 11.0. The fraction of sp³-hybridized carbons (Fsp3) is 0.538. The Morgan fingerprint density at radius 3 is 2.89 bits per heavy atom. The monoisotopic (exact) mass is 278 g/mol. The van der Waals surface area contributed by atoms with Crippen molar-refractivity contribution >= 4 is 33.3 Å². The molecule has 0 spiro atoms. The number of nitrogens with one attached hydrogen (secondary N) is 1. The van der Waals surface area contributed by atoms with Crippen molar-refractivity contribution in [2.75, 3.05) is 37.0 Å². The molecule has 1 aliphatic heterocycles. The summed E-state index contributed by atoms with van der Waals surface area (Å²) in [6.45, 7) is 2.21. The SMILES string of the molecule is CNc1nc(N2CCC(CO)CC2)c2ccsc2n1. The number of piperidine rings is 1. The lowest BCUT2D eigenvalue weighted by Crippen LogP contribution is -2.35. The van der Waals surface area contributed by atoms with Crippen molar-refractivity contribution in [2.45, 2.75) is 12.8 Å². The molecule has 102 valence electrons. The number of aromatic nitrogens is 2. The van der Waals surface area contributed by atoms with Crippen LogP contribution in [0.4, 0.5) is 11.8 Å². The van der Waals surface area contributed by atoms with Gasteiger partial charge in [0.15, 0.2) is 0 Å². The second kappa shape index (κ2) is 5.30. The number of anilines is 2. The Kier molecular flexibility index (Phi) is 3.52. The van der Waals surface area contributed by atoms with Crippen LogP contribution in [-0.4, -0.2) is 41.8 Å². The molecule has 2 aromatic rings. The number of nitrogens with zero attached hydrogens (tertiary/aromatic N) is 3. The van der Waals surface area contributed by atoms with Crippen LogP contribution < -0.4 is 10.2 Å². The third-order valence-electron chi connectivity index (χ3n) is 3.70. The van der Waals surface area contributed by atoms with E-state index in [1.54, 1.807) is 11.3 Å². The predicted octanol–water partition coefficient (Wildman–Crippen LogP) is 1.94. The highest BCUT2D eigenvalue weighted by Crippen LogP contribution is 2.31. The first-order valence-electron chi connectivity index (χ1n) is 6.60. The van der Waals surface area contributed by atoms with Crippen LogP contribution >= 0.6 is 11.3 Å². The second-order valence-electron chi connectivity index (χ2n) is 4.87. The molecule has 19 heavy (non-hydrogen) atoms. The lowest BCUT2D eigenvalue weighted by Gasteiger charge is -2.32. The second-order valence-corrected chi connectivity index (χ2v) is 5.77. The Morgan fingerprint density at radius 2 is 2.21 bits per heavy atom. The van der Waals surface area contributed by atoms with Crippen molar-refractivity contribution in [1.29, 1.82) is 0 Å². The van der Waals surface area contributed by atoms with Gasteiger partial charge in [-0.25, -0.2) is 4.98 Å². The minimum atomic E-state index is 0.299. The maximum atomic E-state index is 9.22. The lowest BCUT2D eigenvalue weighted by atomic mass is 9.98. The van der Waals surface area contributed by atoms with Crippen molar-refractivity contribution in [1.82, 2.24) is 9.97 Å². The molecule has 0 aliphatic carbocycles. The molecule has 3 rings (SSSR count). The van der Waals surface area contributed by atoms with Gasteiger partial charge in [-0.1, -0.05) is 0 Å². The summed E-state index contributed by atoms with van der Waals surface area (Å²) >= 11 is 1.64. The molecule has 0 atom stereocenters. The van der Waals surface area contributed by atoms with Crippen molar-refractivity contribution in [3.05, 3.63) is 11.4 Å². The van der Waals surface area contributed by atoms with Crippen LogP contribution in [0.1, 0.15) is 12.8 Å². The van der Waals surface area contributed by atoms with Crippen LogP contribution in [0, 0.1) is 5.92 Å². The summed E-state index contributed by atoms with van der Waals surface area (Å²) in [5.41, 5.74) is 0. The molecule has 0 bridgehead atoms. The molecule has 0 radical (unpaired) electrons. The van der Waals surface area contributed by atoms with E-state index in [4.69, 9.17) is 0 Å². The van der Waals surface area contributed by atoms with Gasteiger partial charge in [0.2, 0.25) is 5.95 Å². The molecule has 6 heteroatoms. The summed E-state index contributed by atoms with van der Waals surface area (Å²) in [6.07, 6.45) is 2.06. The smallest absolute Gasteiger partial charge is 0.225 e. The maximum absolute atomic E-state index is 9.22. The molecule has 0 unspecified atom stereocenters. The average Bonchev–Trinajstić information content (AvgIpc) is 2.94. The average molecular weight is 278 g/mol. The van der Waals surface area contributed by atoms with E-state index in [-0.39, 0.29) is 0 Å². The number of fused-ring (bicyclic) bond motifs is 1. The first-order chi connectivity index (χ1) is 9.31. The fourth-order valence-electron chi connectivity index (χ4n) is 2.52. The summed E-state index contributed by atoms with van der Waals surface area (Å²) in [4.78, 5) is 12.4. The highest BCUT2D eigenvalue weighted by atomic mass is 32.1. The van der Waals surface area contributed by atoms with Gasteiger partial charge in [-0.2, -0.15) is 4.98 Å². The minimum absolute atomic E-state index is 0.299. The number of aliphatic hydroxyl groups is 1. The van der Waals surface area contributed by atoms with Gasteiger partial charge >= 0.3 is 0 Å². The highest BCUT2D eigenvalue weighted by molar-refractivity contribution is 7.16. The normalized spacial score (nSPS) is 17.1. The minimum Gasteiger partial charge on any atom is -0.396 e. The molecule has 3 heterocycles.